The lowest BCUT2D eigenvalue weighted by atomic mass is 10.1. The van der Waals surface area contributed by atoms with Gasteiger partial charge in [0.15, 0.2) is 6.04 Å². The van der Waals surface area contributed by atoms with Crippen LogP contribution in [0.1, 0.15) is 36.2 Å². The van der Waals surface area contributed by atoms with Crippen LogP contribution in [0.25, 0.3) is 0 Å². The number of esters is 1. The second kappa shape index (κ2) is 7.79. The molecule has 0 aromatic heterocycles. The normalized spacial score (nSPS) is 12.7. The second-order valence-corrected chi connectivity index (χ2v) is 6.58. The lowest BCUT2D eigenvalue weighted by molar-refractivity contribution is -0.904. The van der Waals surface area contributed by atoms with E-state index < -0.39 is 5.97 Å². The van der Waals surface area contributed by atoms with Crippen LogP contribution >= 0.6 is 11.6 Å². The van der Waals surface area contributed by atoms with E-state index >= 15 is 0 Å². The number of carbonyl (C=O) groups is 2. The van der Waals surface area contributed by atoms with Crippen LogP contribution < -0.4 is 5.32 Å². The number of carbonyl (C=O) groups excluding carboxylic acids is 2. The number of halogens is 1. The highest BCUT2D eigenvalue weighted by Gasteiger charge is 2.33. The van der Waals surface area contributed by atoms with Crippen LogP contribution in [0.4, 0.5) is 5.69 Å². The zero-order chi connectivity index (χ0) is 17.8. The van der Waals surface area contributed by atoms with E-state index in [1.165, 1.54) is 13.2 Å². The maximum atomic E-state index is 12.7. The molecule has 0 bridgehead atoms. The Morgan fingerprint density at radius 1 is 1.30 bits per heavy atom. The topological polar surface area (TPSA) is 55.4 Å². The van der Waals surface area contributed by atoms with Crippen LogP contribution in [0, 0.1) is 6.92 Å². The first-order valence-corrected chi connectivity index (χ1v) is 8.07. The summed E-state index contributed by atoms with van der Waals surface area (Å²) in [6.07, 6.45) is 0.701. The molecule has 0 spiro atoms. The Morgan fingerprint density at radius 3 is 2.39 bits per heavy atom. The molecular formula is C17H26ClN2O3+. The molecule has 1 aromatic carbocycles. The molecular weight excluding hydrogens is 316 g/mol. The highest BCUT2D eigenvalue weighted by Crippen LogP contribution is 2.27. The number of methoxy groups -OCH3 is 1. The maximum absolute atomic E-state index is 12.7. The Kier molecular flexibility index (Phi) is 6.59. The summed E-state index contributed by atoms with van der Waals surface area (Å²) < 4.78 is 5.36. The molecule has 0 aliphatic carbocycles. The Labute approximate surface area is 143 Å². The first-order chi connectivity index (χ1) is 10.7. The molecule has 1 aromatic rings. The summed E-state index contributed by atoms with van der Waals surface area (Å²) in [7, 11) is 5.34. The number of amides is 1. The van der Waals surface area contributed by atoms with Crippen LogP contribution in [0.2, 0.25) is 5.02 Å². The molecule has 0 radical (unpaired) electrons. The summed E-state index contributed by atoms with van der Waals surface area (Å²) in [5, 5.41) is 3.33. The van der Waals surface area contributed by atoms with Gasteiger partial charge in [0.2, 0.25) is 0 Å². The van der Waals surface area contributed by atoms with Crippen molar-refractivity contribution in [2.45, 2.75) is 33.2 Å². The van der Waals surface area contributed by atoms with Crippen LogP contribution in [-0.4, -0.2) is 50.2 Å². The van der Waals surface area contributed by atoms with Crippen molar-refractivity contribution in [2.24, 2.45) is 0 Å². The number of hydrogen-bond acceptors (Lipinski definition) is 3. The number of aryl methyl sites for hydroxylation is 1. The van der Waals surface area contributed by atoms with E-state index in [4.69, 9.17) is 16.3 Å². The van der Waals surface area contributed by atoms with Crippen molar-refractivity contribution in [2.75, 3.05) is 33.1 Å². The zero-order valence-electron chi connectivity index (χ0n) is 14.7. The average molecular weight is 342 g/mol. The van der Waals surface area contributed by atoms with Crippen molar-refractivity contribution in [3.05, 3.63) is 28.3 Å². The maximum Gasteiger partial charge on any atom is 0.340 e. The molecule has 5 nitrogen and oxygen atoms in total. The predicted octanol–water partition coefficient (Wildman–Crippen LogP) is 3.25. The van der Waals surface area contributed by atoms with Crippen LogP contribution in [0.3, 0.4) is 0 Å². The molecule has 0 aliphatic rings. The third kappa shape index (κ3) is 4.45. The molecule has 6 heteroatoms. The van der Waals surface area contributed by atoms with E-state index in [1.807, 2.05) is 27.9 Å². The molecule has 1 unspecified atom stereocenters. The van der Waals surface area contributed by atoms with Gasteiger partial charge in [-0.3, -0.25) is 4.79 Å². The first kappa shape index (κ1) is 19.5. The minimum Gasteiger partial charge on any atom is -0.465 e. The number of nitrogens with zero attached hydrogens (tertiary/aromatic N) is 1. The Bertz CT molecular complexity index is 600. The molecule has 23 heavy (non-hydrogen) atoms. The van der Waals surface area contributed by atoms with Gasteiger partial charge >= 0.3 is 5.97 Å². The highest BCUT2D eigenvalue weighted by atomic mass is 35.5. The molecule has 0 heterocycles. The quantitative estimate of drug-likeness (QED) is 0.638. The van der Waals surface area contributed by atoms with Gasteiger partial charge in [-0.05, 0) is 31.5 Å². The summed E-state index contributed by atoms with van der Waals surface area (Å²) in [4.78, 5) is 24.7. The molecule has 1 N–H and O–H groups in total. The highest BCUT2D eigenvalue weighted by molar-refractivity contribution is 6.31. The Balaban J connectivity index is 3.22. The summed E-state index contributed by atoms with van der Waals surface area (Å²) in [6, 6.07) is 3.02. The van der Waals surface area contributed by atoms with E-state index in [9.17, 15) is 9.59 Å². The Hall–Kier alpha value is -1.59. The smallest absolute Gasteiger partial charge is 0.340 e. The molecule has 0 saturated heterocycles. The number of ether oxygens (including phenoxy) is 1. The van der Waals surface area contributed by atoms with Crippen molar-refractivity contribution >= 4 is 29.2 Å². The number of likely N-dealkylation sites (N-methyl/N-ethyl adjacent to an activating group) is 1. The van der Waals surface area contributed by atoms with E-state index in [1.54, 1.807) is 13.0 Å². The third-order valence-corrected chi connectivity index (χ3v) is 4.52. The van der Waals surface area contributed by atoms with Crippen molar-refractivity contribution < 1.29 is 18.8 Å². The van der Waals surface area contributed by atoms with Crippen molar-refractivity contribution in [3.8, 4) is 0 Å². The molecule has 128 valence electrons. The second-order valence-electron chi connectivity index (χ2n) is 6.14. The fraction of sp³-hybridized carbons (Fsp3) is 0.529. The SMILES string of the molecule is CCC(C(=O)Nc1c(C)cc(Cl)cc1C(=O)OC)[N+](C)(C)CC. The molecule has 0 fully saturated rings. The van der Waals surface area contributed by atoms with Gasteiger partial charge in [0, 0.05) is 11.4 Å². The van der Waals surface area contributed by atoms with Crippen LogP contribution in [-0.2, 0) is 9.53 Å². The molecule has 1 atom stereocenters. The van der Waals surface area contributed by atoms with E-state index in [2.05, 4.69) is 5.32 Å². The summed E-state index contributed by atoms with van der Waals surface area (Å²) in [5.74, 6) is -0.641. The standard InChI is InChI=1S/C17H25ClN2O3/c1-7-14(20(4,5)8-2)16(21)19-15-11(3)9-12(18)10-13(15)17(22)23-6/h9-10,14H,7-8H2,1-6H3/p+1. The minimum atomic E-state index is -0.525. The monoisotopic (exact) mass is 341 g/mol. The van der Waals surface area contributed by atoms with Gasteiger partial charge in [0.25, 0.3) is 5.91 Å². The number of hydrogen-bond donors (Lipinski definition) is 1. The summed E-state index contributed by atoms with van der Waals surface area (Å²) >= 11 is 6.02. The first-order valence-electron chi connectivity index (χ1n) is 7.69. The lowest BCUT2D eigenvalue weighted by Gasteiger charge is -2.35. The van der Waals surface area contributed by atoms with Gasteiger partial charge in [-0.25, -0.2) is 4.79 Å². The van der Waals surface area contributed by atoms with Gasteiger partial charge < -0.3 is 14.5 Å². The number of anilines is 1. The molecule has 1 rings (SSSR count). The lowest BCUT2D eigenvalue weighted by Crippen LogP contribution is -2.54. The van der Waals surface area contributed by atoms with Crippen molar-refractivity contribution in [1.29, 1.82) is 0 Å². The van der Waals surface area contributed by atoms with E-state index in [-0.39, 0.29) is 17.5 Å². The third-order valence-electron chi connectivity index (χ3n) is 4.30. The summed E-state index contributed by atoms with van der Waals surface area (Å²) in [6.45, 7) is 6.66. The fourth-order valence-corrected chi connectivity index (χ4v) is 2.88. The minimum absolute atomic E-state index is 0.116. The van der Waals surface area contributed by atoms with Crippen molar-refractivity contribution in [1.82, 2.24) is 0 Å². The van der Waals surface area contributed by atoms with E-state index in [0.29, 0.717) is 21.6 Å². The molecule has 0 saturated carbocycles. The van der Waals surface area contributed by atoms with Gasteiger partial charge in [-0.1, -0.05) is 18.5 Å². The predicted molar refractivity (Wildman–Crippen MR) is 92.9 cm³/mol. The van der Waals surface area contributed by atoms with E-state index in [0.717, 1.165) is 12.1 Å². The van der Waals surface area contributed by atoms with Crippen LogP contribution in [0.5, 0.6) is 0 Å². The molecule has 1 amide bonds. The number of rotatable bonds is 6. The number of quaternary nitrogens is 1. The van der Waals surface area contributed by atoms with Crippen molar-refractivity contribution in [3.63, 3.8) is 0 Å². The average Bonchev–Trinajstić information content (AvgIpc) is 2.49. The largest absolute Gasteiger partial charge is 0.465 e. The van der Waals surface area contributed by atoms with Gasteiger partial charge in [-0.2, -0.15) is 0 Å². The van der Waals surface area contributed by atoms with Gasteiger partial charge in [-0.15, -0.1) is 0 Å². The number of nitrogens with one attached hydrogen (secondary N) is 1. The van der Waals surface area contributed by atoms with Gasteiger partial charge in [0.05, 0.1) is 39.0 Å². The fourth-order valence-electron chi connectivity index (χ4n) is 2.60. The molecule has 0 aliphatic heterocycles. The Morgan fingerprint density at radius 2 is 1.91 bits per heavy atom. The summed E-state index contributed by atoms with van der Waals surface area (Å²) in [5.41, 5.74) is 1.45. The number of benzene rings is 1. The zero-order valence-corrected chi connectivity index (χ0v) is 15.5. The van der Waals surface area contributed by atoms with Crippen LogP contribution in [0.15, 0.2) is 12.1 Å². The van der Waals surface area contributed by atoms with Gasteiger partial charge in [0.1, 0.15) is 0 Å².